The minimum absolute atomic E-state index is 0.130. The van der Waals surface area contributed by atoms with Crippen LogP contribution in [0.1, 0.15) is 27.2 Å². The third-order valence-electron chi connectivity index (χ3n) is 2.13. The molecule has 1 atom stereocenters. The smallest absolute Gasteiger partial charge is 0.307 e. The first-order valence-electron chi connectivity index (χ1n) is 4.46. The number of esters is 1. The molecule has 0 aliphatic heterocycles. The van der Waals surface area contributed by atoms with Gasteiger partial charge in [-0.25, -0.2) is 0 Å². The van der Waals surface area contributed by atoms with E-state index in [2.05, 4.69) is 23.5 Å². The predicted octanol–water partition coefficient (Wildman–Crippen LogP) is 1.28. The molecule has 1 unspecified atom stereocenters. The molecular formula is C9H19NO2. The second-order valence-corrected chi connectivity index (χ2v) is 2.85. The van der Waals surface area contributed by atoms with Gasteiger partial charge >= 0.3 is 5.97 Å². The summed E-state index contributed by atoms with van der Waals surface area (Å²) in [5, 5.41) is 0. The molecular weight excluding hydrogens is 154 g/mol. The number of ether oxygens (including phenoxy) is 1. The Morgan fingerprint density at radius 1 is 1.42 bits per heavy atom. The number of methoxy groups -OCH3 is 1. The summed E-state index contributed by atoms with van der Waals surface area (Å²) >= 11 is 0. The molecule has 0 bridgehead atoms. The molecule has 0 fully saturated rings. The maximum absolute atomic E-state index is 10.9. The second kappa shape index (κ2) is 6.00. The molecule has 0 radical (unpaired) electrons. The average molecular weight is 173 g/mol. The van der Waals surface area contributed by atoms with Gasteiger partial charge in [0.2, 0.25) is 0 Å². The Labute approximate surface area is 74.7 Å². The Hall–Kier alpha value is -0.570. The van der Waals surface area contributed by atoms with E-state index in [1.54, 1.807) is 0 Å². The lowest BCUT2D eigenvalue weighted by Gasteiger charge is -2.25. The fourth-order valence-corrected chi connectivity index (χ4v) is 1.30. The van der Waals surface area contributed by atoms with Gasteiger partial charge in [-0.2, -0.15) is 0 Å². The first-order valence-corrected chi connectivity index (χ1v) is 4.46. The number of carbonyl (C=O) groups is 1. The van der Waals surface area contributed by atoms with Gasteiger partial charge < -0.3 is 9.64 Å². The highest BCUT2D eigenvalue weighted by Crippen LogP contribution is 2.03. The van der Waals surface area contributed by atoms with Crippen molar-refractivity contribution < 1.29 is 9.53 Å². The van der Waals surface area contributed by atoms with Gasteiger partial charge in [-0.05, 0) is 20.0 Å². The van der Waals surface area contributed by atoms with Gasteiger partial charge in [0.25, 0.3) is 0 Å². The van der Waals surface area contributed by atoms with Crippen molar-refractivity contribution in [3.05, 3.63) is 0 Å². The molecule has 0 N–H and O–H groups in total. The van der Waals surface area contributed by atoms with Gasteiger partial charge in [-0.15, -0.1) is 0 Å². The van der Waals surface area contributed by atoms with Gasteiger partial charge in [-0.1, -0.05) is 13.8 Å². The summed E-state index contributed by atoms with van der Waals surface area (Å²) in [5.74, 6) is -0.130. The molecule has 0 spiro atoms. The largest absolute Gasteiger partial charge is 0.469 e. The van der Waals surface area contributed by atoms with Crippen LogP contribution in [0.25, 0.3) is 0 Å². The van der Waals surface area contributed by atoms with Crippen molar-refractivity contribution in [2.75, 3.05) is 20.2 Å². The number of nitrogens with zero attached hydrogens (tertiary/aromatic N) is 1. The quantitative estimate of drug-likeness (QED) is 0.586. The molecule has 12 heavy (non-hydrogen) atoms. The third-order valence-corrected chi connectivity index (χ3v) is 2.13. The monoisotopic (exact) mass is 173 g/mol. The summed E-state index contributed by atoms with van der Waals surface area (Å²) in [7, 11) is 1.43. The topological polar surface area (TPSA) is 29.5 Å². The highest BCUT2D eigenvalue weighted by atomic mass is 16.5. The first-order chi connectivity index (χ1) is 5.65. The maximum atomic E-state index is 10.9. The molecule has 0 aromatic heterocycles. The molecule has 0 rings (SSSR count). The summed E-state index contributed by atoms with van der Waals surface area (Å²) < 4.78 is 4.59. The molecule has 0 saturated heterocycles. The van der Waals surface area contributed by atoms with E-state index in [9.17, 15) is 4.79 Å². The van der Waals surface area contributed by atoms with Crippen LogP contribution in [0.3, 0.4) is 0 Å². The van der Waals surface area contributed by atoms with Crippen molar-refractivity contribution >= 4 is 5.97 Å². The normalized spacial score (nSPS) is 13.1. The van der Waals surface area contributed by atoms with Crippen molar-refractivity contribution in [3.63, 3.8) is 0 Å². The zero-order valence-corrected chi connectivity index (χ0v) is 8.46. The molecule has 3 heteroatoms. The molecule has 0 aliphatic rings. The van der Waals surface area contributed by atoms with Gasteiger partial charge in [0.05, 0.1) is 13.5 Å². The first kappa shape index (κ1) is 11.4. The van der Waals surface area contributed by atoms with Crippen LogP contribution in [0.2, 0.25) is 0 Å². The van der Waals surface area contributed by atoms with E-state index in [4.69, 9.17) is 0 Å². The van der Waals surface area contributed by atoms with E-state index >= 15 is 0 Å². The van der Waals surface area contributed by atoms with Gasteiger partial charge in [0.1, 0.15) is 0 Å². The zero-order valence-electron chi connectivity index (χ0n) is 8.46. The fourth-order valence-electron chi connectivity index (χ4n) is 1.30. The van der Waals surface area contributed by atoms with Crippen molar-refractivity contribution in [1.29, 1.82) is 0 Å². The van der Waals surface area contributed by atoms with E-state index < -0.39 is 0 Å². The van der Waals surface area contributed by atoms with Crippen molar-refractivity contribution in [2.45, 2.75) is 33.2 Å². The summed E-state index contributed by atoms with van der Waals surface area (Å²) in [5.41, 5.74) is 0. The molecule has 0 aromatic carbocycles. The summed E-state index contributed by atoms with van der Waals surface area (Å²) in [6.45, 7) is 8.20. The second-order valence-electron chi connectivity index (χ2n) is 2.85. The van der Waals surface area contributed by atoms with Crippen LogP contribution < -0.4 is 0 Å². The molecule has 3 nitrogen and oxygen atoms in total. The molecule has 0 aromatic rings. The Bertz CT molecular complexity index is 132. The Balaban J connectivity index is 3.83. The van der Waals surface area contributed by atoms with Gasteiger partial charge in [0, 0.05) is 6.04 Å². The lowest BCUT2D eigenvalue weighted by molar-refractivity contribution is -0.141. The van der Waals surface area contributed by atoms with E-state index in [1.807, 2.05) is 6.92 Å². The van der Waals surface area contributed by atoms with Gasteiger partial charge in [0.15, 0.2) is 0 Å². The minimum atomic E-state index is -0.130. The lowest BCUT2D eigenvalue weighted by atomic mass is 10.2. The fraction of sp³-hybridized carbons (Fsp3) is 0.889. The lowest BCUT2D eigenvalue weighted by Crippen LogP contribution is -2.34. The van der Waals surface area contributed by atoms with Crippen molar-refractivity contribution in [1.82, 2.24) is 4.90 Å². The number of rotatable bonds is 5. The molecule has 0 amide bonds. The highest BCUT2D eigenvalue weighted by Gasteiger charge is 2.13. The van der Waals surface area contributed by atoms with Crippen molar-refractivity contribution in [3.8, 4) is 0 Å². The molecule has 0 heterocycles. The van der Waals surface area contributed by atoms with Crippen LogP contribution >= 0.6 is 0 Å². The standard InChI is InChI=1S/C9H19NO2/c1-5-10(6-2)8(3)7-9(11)12-4/h8H,5-7H2,1-4H3. The molecule has 0 saturated carbocycles. The Morgan fingerprint density at radius 2 is 1.92 bits per heavy atom. The predicted molar refractivity (Wildman–Crippen MR) is 49.0 cm³/mol. The minimum Gasteiger partial charge on any atom is -0.469 e. The molecule has 72 valence electrons. The van der Waals surface area contributed by atoms with Crippen LogP contribution in [0.5, 0.6) is 0 Å². The third kappa shape index (κ3) is 3.72. The zero-order chi connectivity index (χ0) is 9.56. The number of hydrogen-bond acceptors (Lipinski definition) is 3. The van der Waals surface area contributed by atoms with E-state index in [0.29, 0.717) is 6.42 Å². The van der Waals surface area contributed by atoms with Crippen molar-refractivity contribution in [2.24, 2.45) is 0 Å². The van der Waals surface area contributed by atoms with E-state index in [0.717, 1.165) is 13.1 Å². The maximum Gasteiger partial charge on any atom is 0.307 e. The highest BCUT2D eigenvalue weighted by molar-refractivity contribution is 5.69. The van der Waals surface area contributed by atoms with Gasteiger partial charge in [-0.3, -0.25) is 4.79 Å². The average Bonchev–Trinajstić information content (AvgIpc) is 2.06. The summed E-state index contributed by atoms with van der Waals surface area (Å²) in [6.07, 6.45) is 0.484. The van der Waals surface area contributed by atoms with Crippen LogP contribution in [0.15, 0.2) is 0 Å². The SMILES string of the molecule is CCN(CC)C(C)CC(=O)OC. The molecule has 0 aliphatic carbocycles. The number of carbonyl (C=O) groups excluding carboxylic acids is 1. The number of hydrogen-bond donors (Lipinski definition) is 0. The van der Waals surface area contributed by atoms with E-state index in [-0.39, 0.29) is 12.0 Å². The summed E-state index contributed by atoms with van der Waals surface area (Å²) in [4.78, 5) is 13.1. The summed E-state index contributed by atoms with van der Waals surface area (Å²) in [6, 6.07) is 0.285. The van der Waals surface area contributed by atoms with Crippen LogP contribution in [-0.4, -0.2) is 37.1 Å². The van der Waals surface area contributed by atoms with Crippen LogP contribution in [0.4, 0.5) is 0 Å². The van der Waals surface area contributed by atoms with Crippen LogP contribution in [-0.2, 0) is 9.53 Å². The van der Waals surface area contributed by atoms with E-state index in [1.165, 1.54) is 7.11 Å². The Morgan fingerprint density at radius 3 is 2.25 bits per heavy atom. The Kier molecular flexibility index (Phi) is 5.72. The van der Waals surface area contributed by atoms with Crippen LogP contribution in [0, 0.1) is 0 Å².